The molecule has 0 amide bonds. The molecule has 0 aliphatic carbocycles. The highest BCUT2D eigenvalue weighted by Gasteiger charge is 1.93. The lowest BCUT2D eigenvalue weighted by Crippen LogP contribution is -1.93. The highest BCUT2D eigenvalue weighted by atomic mass is 35.5. The maximum absolute atomic E-state index is 9.86. The molecule has 0 unspecified atom stereocenters. The van der Waals surface area contributed by atoms with E-state index in [9.17, 15) is 4.79 Å². The van der Waals surface area contributed by atoms with E-state index >= 15 is 0 Å². The van der Waals surface area contributed by atoms with Crippen LogP contribution < -0.4 is 0 Å². The number of carboxylic acids is 1. The standard InChI is InChI=1S/C5H8O2.C2H3Cl/c1-3-4(2)5(6)7;1-2-3/h3H,1-2H3,(H,6,7);2H,1H2. The summed E-state index contributed by atoms with van der Waals surface area (Å²) in [6.07, 6.45) is 1.56. The number of hydrogen-bond donors (Lipinski definition) is 1. The van der Waals surface area contributed by atoms with Gasteiger partial charge in [0.25, 0.3) is 0 Å². The van der Waals surface area contributed by atoms with Crippen LogP contribution in [-0.4, -0.2) is 11.1 Å². The van der Waals surface area contributed by atoms with E-state index in [4.69, 9.17) is 16.7 Å². The second-order valence-electron chi connectivity index (χ2n) is 1.43. The van der Waals surface area contributed by atoms with Crippen LogP contribution in [0.1, 0.15) is 13.8 Å². The summed E-state index contributed by atoms with van der Waals surface area (Å²) in [5, 5.41) is 8.11. The Hall–Kier alpha value is -0.760. The first-order valence-electron chi connectivity index (χ1n) is 2.67. The van der Waals surface area contributed by atoms with Crippen molar-refractivity contribution in [1.29, 1.82) is 0 Å². The predicted octanol–water partition coefficient (Wildman–Crippen LogP) is 2.41. The average molecular weight is 163 g/mol. The molecule has 0 rings (SSSR count). The number of carbonyl (C=O) groups is 1. The topological polar surface area (TPSA) is 37.3 Å². The van der Waals surface area contributed by atoms with Gasteiger partial charge in [0.15, 0.2) is 0 Å². The summed E-state index contributed by atoms with van der Waals surface area (Å²) in [5.41, 5.74) is 1.61. The fourth-order valence-corrected chi connectivity index (χ4v) is 0.123. The van der Waals surface area contributed by atoms with Crippen LogP contribution in [0.25, 0.3) is 0 Å². The maximum Gasteiger partial charge on any atom is 0.330 e. The Morgan fingerprint density at radius 1 is 1.70 bits per heavy atom. The van der Waals surface area contributed by atoms with Gasteiger partial charge in [-0.1, -0.05) is 24.3 Å². The van der Waals surface area contributed by atoms with Crippen molar-refractivity contribution in [2.24, 2.45) is 0 Å². The quantitative estimate of drug-likeness (QED) is 0.602. The van der Waals surface area contributed by atoms with Crippen LogP contribution in [0.4, 0.5) is 0 Å². The van der Waals surface area contributed by atoms with Gasteiger partial charge in [0.1, 0.15) is 0 Å². The molecule has 10 heavy (non-hydrogen) atoms. The lowest BCUT2D eigenvalue weighted by molar-refractivity contribution is -0.132. The van der Waals surface area contributed by atoms with Gasteiger partial charge in [-0.3, -0.25) is 0 Å². The Balaban J connectivity index is 0. The van der Waals surface area contributed by atoms with E-state index in [1.807, 2.05) is 0 Å². The molecule has 58 valence electrons. The van der Waals surface area contributed by atoms with Crippen LogP contribution in [0.2, 0.25) is 0 Å². The Labute approximate surface area is 65.8 Å². The summed E-state index contributed by atoms with van der Waals surface area (Å²) in [6.45, 7) is 6.38. The molecule has 0 aromatic heterocycles. The van der Waals surface area contributed by atoms with E-state index in [1.165, 1.54) is 5.54 Å². The van der Waals surface area contributed by atoms with Crippen LogP contribution in [0.5, 0.6) is 0 Å². The molecule has 0 aromatic rings. The Morgan fingerprint density at radius 3 is 2.00 bits per heavy atom. The van der Waals surface area contributed by atoms with Crippen molar-refractivity contribution in [3.05, 3.63) is 23.8 Å². The molecule has 0 aromatic carbocycles. The SMILES string of the molecule is C=CCl.CC=C(C)C(=O)O. The summed E-state index contributed by atoms with van der Waals surface area (Å²) in [4.78, 5) is 9.86. The predicted molar refractivity (Wildman–Crippen MR) is 43.1 cm³/mol. The van der Waals surface area contributed by atoms with Gasteiger partial charge in [-0.15, -0.1) is 0 Å². The van der Waals surface area contributed by atoms with Crippen molar-refractivity contribution >= 4 is 17.6 Å². The van der Waals surface area contributed by atoms with Crippen molar-refractivity contribution in [3.8, 4) is 0 Å². The van der Waals surface area contributed by atoms with Crippen molar-refractivity contribution in [1.82, 2.24) is 0 Å². The lowest BCUT2D eigenvalue weighted by Gasteiger charge is -1.84. The molecule has 0 radical (unpaired) electrons. The lowest BCUT2D eigenvalue weighted by atomic mass is 10.3. The Morgan fingerprint density at radius 2 is 2.00 bits per heavy atom. The van der Waals surface area contributed by atoms with E-state index in [2.05, 4.69) is 6.58 Å². The molecule has 2 nitrogen and oxygen atoms in total. The third-order valence-corrected chi connectivity index (χ3v) is 0.770. The summed E-state index contributed by atoms with van der Waals surface area (Å²) < 4.78 is 0. The minimum atomic E-state index is -0.845. The molecule has 0 atom stereocenters. The van der Waals surface area contributed by atoms with E-state index in [-0.39, 0.29) is 0 Å². The van der Waals surface area contributed by atoms with Gasteiger partial charge in [-0.25, -0.2) is 4.79 Å². The largest absolute Gasteiger partial charge is 0.478 e. The fourth-order valence-electron chi connectivity index (χ4n) is 0.123. The first-order valence-corrected chi connectivity index (χ1v) is 3.11. The molecule has 0 spiro atoms. The molecule has 3 heteroatoms. The molecular formula is C7H11ClO2. The molecule has 0 saturated heterocycles. The molecule has 1 N–H and O–H groups in total. The van der Waals surface area contributed by atoms with Gasteiger partial charge in [0, 0.05) is 5.57 Å². The minimum absolute atomic E-state index is 0.389. The van der Waals surface area contributed by atoms with Gasteiger partial charge in [0.2, 0.25) is 0 Å². The first-order chi connectivity index (χ1) is 4.59. The smallest absolute Gasteiger partial charge is 0.330 e. The third-order valence-electron chi connectivity index (χ3n) is 0.770. The fraction of sp³-hybridized carbons (Fsp3) is 0.286. The number of allylic oxidation sites excluding steroid dienone is 1. The molecule has 0 saturated carbocycles. The normalized spacial score (nSPS) is 9.30. The second-order valence-corrected chi connectivity index (χ2v) is 1.74. The third kappa shape index (κ3) is 10.3. The van der Waals surface area contributed by atoms with Gasteiger partial charge in [-0.05, 0) is 19.4 Å². The molecule has 0 aliphatic heterocycles. The molecular weight excluding hydrogens is 152 g/mol. The zero-order valence-corrected chi connectivity index (χ0v) is 6.85. The van der Waals surface area contributed by atoms with Crippen LogP contribution in [-0.2, 0) is 4.79 Å². The number of hydrogen-bond acceptors (Lipinski definition) is 1. The van der Waals surface area contributed by atoms with Crippen molar-refractivity contribution < 1.29 is 9.90 Å². The van der Waals surface area contributed by atoms with E-state index < -0.39 is 5.97 Å². The Bertz CT molecular complexity index is 139. The average Bonchev–Trinajstić information content (AvgIpc) is 1.88. The maximum atomic E-state index is 9.86. The highest BCUT2D eigenvalue weighted by Crippen LogP contribution is 1.87. The summed E-state index contributed by atoms with van der Waals surface area (Å²) in [6, 6.07) is 0. The highest BCUT2D eigenvalue weighted by molar-refractivity contribution is 6.25. The van der Waals surface area contributed by atoms with Crippen LogP contribution in [0, 0.1) is 0 Å². The zero-order chi connectivity index (χ0) is 8.57. The summed E-state index contributed by atoms with van der Waals surface area (Å²) in [7, 11) is 0. The van der Waals surface area contributed by atoms with Crippen molar-refractivity contribution in [2.45, 2.75) is 13.8 Å². The van der Waals surface area contributed by atoms with E-state index in [1.54, 1.807) is 19.9 Å². The summed E-state index contributed by atoms with van der Waals surface area (Å²) in [5.74, 6) is -0.845. The van der Waals surface area contributed by atoms with Crippen LogP contribution in [0.3, 0.4) is 0 Å². The van der Waals surface area contributed by atoms with Gasteiger partial charge < -0.3 is 5.11 Å². The first kappa shape index (κ1) is 12.0. The van der Waals surface area contributed by atoms with Crippen LogP contribution in [0.15, 0.2) is 23.8 Å². The van der Waals surface area contributed by atoms with Crippen molar-refractivity contribution in [3.63, 3.8) is 0 Å². The second kappa shape index (κ2) is 8.24. The number of rotatable bonds is 1. The van der Waals surface area contributed by atoms with Crippen molar-refractivity contribution in [2.75, 3.05) is 0 Å². The van der Waals surface area contributed by atoms with E-state index in [0.717, 1.165) is 0 Å². The minimum Gasteiger partial charge on any atom is -0.478 e. The molecule has 0 bridgehead atoms. The zero-order valence-electron chi connectivity index (χ0n) is 6.10. The van der Waals surface area contributed by atoms with E-state index in [0.29, 0.717) is 5.57 Å². The Kier molecular flexibility index (Phi) is 9.86. The molecule has 0 aliphatic rings. The van der Waals surface area contributed by atoms with Gasteiger partial charge >= 0.3 is 5.97 Å². The van der Waals surface area contributed by atoms with Gasteiger partial charge in [0.05, 0.1) is 0 Å². The summed E-state index contributed by atoms with van der Waals surface area (Å²) >= 11 is 4.76. The molecule has 0 fully saturated rings. The monoisotopic (exact) mass is 162 g/mol. The van der Waals surface area contributed by atoms with Crippen LogP contribution >= 0.6 is 11.6 Å². The number of carboxylic acid groups (broad SMARTS) is 1. The molecule has 0 heterocycles. The van der Waals surface area contributed by atoms with Gasteiger partial charge in [-0.2, -0.15) is 0 Å². The number of halogens is 1. The number of aliphatic carboxylic acids is 1.